The van der Waals surface area contributed by atoms with Crippen LogP contribution in [0.4, 0.5) is 24.5 Å². The molecule has 4 aromatic rings. The second kappa shape index (κ2) is 23.4. The maximum atomic E-state index is 14.8. The molecule has 0 saturated carbocycles. The lowest BCUT2D eigenvalue weighted by atomic mass is 9.85. The fraction of sp³-hybridized carbons (Fsp3) is 0.316. The Hall–Kier alpha value is -4.91. The van der Waals surface area contributed by atoms with Crippen molar-refractivity contribution < 1.29 is 27.6 Å². The van der Waals surface area contributed by atoms with Gasteiger partial charge in [0.25, 0.3) is 0 Å². The van der Waals surface area contributed by atoms with Crippen molar-refractivity contribution in [1.29, 1.82) is 0 Å². The fourth-order valence-electron chi connectivity index (χ4n) is 5.20. The lowest BCUT2D eigenvalue weighted by Crippen LogP contribution is -2.49. The van der Waals surface area contributed by atoms with E-state index in [1.54, 1.807) is 24.3 Å². The number of nitrogens with zero attached hydrogens (tertiary/aromatic N) is 2. The number of rotatable bonds is 8. The van der Waals surface area contributed by atoms with Crippen LogP contribution in [0.15, 0.2) is 85.2 Å². The highest BCUT2D eigenvalue weighted by Gasteiger charge is 2.29. The lowest BCUT2D eigenvalue weighted by molar-refractivity contribution is -0.117. The second-order valence-electron chi connectivity index (χ2n) is 11.0. The first-order valence-electron chi connectivity index (χ1n) is 16.1. The van der Waals surface area contributed by atoms with Crippen LogP contribution in [0.25, 0.3) is 0 Å². The molecular weight excluding hydrogens is 645 g/mol. The first-order chi connectivity index (χ1) is 24.1. The standard InChI is InChI=1S/C27H30F3N5O.C7H9N.C2H6.2CH2O/c1-35-13-12-32-14-21(35)10-11-22-23(30)15-33-16-24(22)34-27(36)26(31)25(17-2-6-19(28)7-3-17)18-4-8-20(29)9-5-18;1-6-2-4-7(8)5-3-6;3*1-2/h2-9,15-16,21,25-26,32H,10-14,31H2,1H3,(H,34,36);2-5H,8H2,1H3;1-2H3;2*1H2/t21-,26-;;;;/m0..../s1. The number of hydrogen-bond acceptors (Lipinski definition) is 8. The summed E-state index contributed by atoms with van der Waals surface area (Å²) in [5, 5.41) is 6.10. The van der Waals surface area contributed by atoms with Crippen LogP contribution in [0.2, 0.25) is 0 Å². The Balaban J connectivity index is 0.000000760. The number of pyridine rings is 1. The topological polar surface area (TPSA) is 143 Å². The summed E-state index contributed by atoms with van der Waals surface area (Å²) in [5.41, 5.74) is 15.7. The first kappa shape index (κ1) is 43.1. The number of nitrogens with one attached hydrogen (secondary N) is 2. The fourth-order valence-corrected chi connectivity index (χ4v) is 5.20. The summed E-state index contributed by atoms with van der Waals surface area (Å²) in [4.78, 5) is 35.4. The van der Waals surface area contributed by atoms with E-state index in [9.17, 15) is 18.0 Å². The van der Waals surface area contributed by atoms with Gasteiger partial charge in [-0.05, 0) is 74.3 Å². The number of piperazine rings is 1. The summed E-state index contributed by atoms with van der Waals surface area (Å²) in [7, 11) is 2.04. The minimum Gasteiger partial charge on any atom is -0.399 e. The number of halogens is 3. The minimum atomic E-state index is -1.12. The SMILES string of the molecule is C=O.C=O.CC.CN1CCNC[C@@H]1CCc1c(F)cncc1NC(=O)[C@@H](N)C(c1ccc(F)cc1)c1ccc(F)cc1.Cc1ccc(N)cc1. The van der Waals surface area contributed by atoms with Crippen LogP contribution >= 0.6 is 0 Å². The quantitative estimate of drug-likeness (QED) is 0.173. The van der Waals surface area contributed by atoms with Crippen molar-refractivity contribution in [1.82, 2.24) is 15.2 Å². The van der Waals surface area contributed by atoms with Crippen molar-refractivity contribution >= 4 is 30.9 Å². The molecule has 9 nitrogen and oxygen atoms in total. The predicted molar refractivity (Wildman–Crippen MR) is 194 cm³/mol. The number of likely N-dealkylation sites (N-methyl/N-ethyl adjacent to an activating group) is 1. The van der Waals surface area contributed by atoms with E-state index in [4.69, 9.17) is 21.1 Å². The second-order valence-corrected chi connectivity index (χ2v) is 11.0. The van der Waals surface area contributed by atoms with Gasteiger partial charge in [0.2, 0.25) is 5.91 Å². The number of amides is 1. The maximum Gasteiger partial charge on any atom is 0.242 e. The number of nitrogen functional groups attached to an aromatic ring is 1. The van der Waals surface area contributed by atoms with Crippen LogP contribution in [0.5, 0.6) is 0 Å². The molecule has 270 valence electrons. The zero-order valence-corrected chi connectivity index (χ0v) is 29.2. The maximum absolute atomic E-state index is 14.8. The Morgan fingerprint density at radius 3 is 1.92 bits per heavy atom. The monoisotopic (exact) mass is 694 g/mol. The average Bonchev–Trinajstić information content (AvgIpc) is 3.14. The highest BCUT2D eigenvalue weighted by Crippen LogP contribution is 2.29. The third-order valence-corrected chi connectivity index (χ3v) is 7.83. The summed E-state index contributed by atoms with van der Waals surface area (Å²) in [6.45, 7) is 12.7. The molecule has 50 heavy (non-hydrogen) atoms. The smallest absolute Gasteiger partial charge is 0.242 e. The molecule has 12 heteroatoms. The molecule has 1 saturated heterocycles. The largest absolute Gasteiger partial charge is 0.399 e. The summed E-state index contributed by atoms with van der Waals surface area (Å²) in [5.74, 6) is -2.59. The van der Waals surface area contributed by atoms with Gasteiger partial charge >= 0.3 is 0 Å². The molecule has 1 aliphatic heterocycles. The zero-order valence-electron chi connectivity index (χ0n) is 29.2. The molecule has 0 unspecified atom stereocenters. The van der Waals surface area contributed by atoms with Crippen LogP contribution in [-0.2, 0) is 20.8 Å². The Morgan fingerprint density at radius 1 is 0.920 bits per heavy atom. The molecule has 2 heterocycles. The van der Waals surface area contributed by atoms with E-state index in [2.05, 4.69) is 20.5 Å². The third-order valence-electron chi connectivity index (χ3n) is 7.83. The Kier molecular flexibility index (Phi) is 20.2. The first-order valence-corrected chi connectivity index (χ1v) is 16.1. The van der Waals surface area contributed by atoms with Crippen LogP contribution in [-0.4, -0.2) is 68.1 Å². The number of anilines is 2. The average molecular weight is 695 g/mol. The van der Waals surface area contributed by atoms with Gasteiger partial charge in [-0.1, -0.05) is 55.8 Å². The molecule has 2 atom stereocenters. The van der Waals surface area contributed by atoms with E-state index in [1.807, 2.05) is 65.7 Å². The van der Waals surface area contributed by atoms with Crippen molar-refractivity contribution in [2.45, 2.75) is 51.6 Å². The van der Waals surface area contributed by atoms with E-state index >= 15 is 0 Å². The van der Waals surface area contributed by atoms with Gasteiger partial charge in [-0.15, -0.1) is 0 Å². The summed E-state index contributed by atoms with van der Waals surface area (Å²) in [6, 6.07) is 18.2. The van der Waals surface area contributed by atoms with Crippen molar-refractivity contribution in [3.8, 4) is 0 Å². The van der Waals surface area contributed by atoms with Gasteiger partial charge in [0.15, 0.2) is 0 Å². The molecule has 6 N–H and O–H groups in total. The van der Waals surface area contributed by atoms with E-state index in [0.29, 0.717) is 29.5 Å². The van der Waals surface area contributed by atoms with Crippen molar-refractivity contribution in [3.63, 3.8) is 0 Å². The van der Waals surface area contributed by atoms with Crippen LogP contribution in [0, 0.1) is 24.4 Å². The number of hydrogen-bond donors (Lipinski definition) is 4. The van der Waals surface area contributed by atoms with E-state index in [-0.39, 0.29) is 11.7 Å². The zero-order chi connectivity index (χ0) is 37.6. The van der Waals surface area contributed by atoms with Crippen LogP contribution in [0.1, 0.15) is 48.4 Å². The molecule has 5 rings (SSSR count). The van der Waals surface area contributed by atoms with Gasteiger partial charge in [-0.3, -0.25) is 9.78 Å². The lowest BCUT2D eigenvalue weighted by Gasteiger charge is -2.33. The molecule has 1 amide bonds. The van der Waals surface area contributed by atoms with E-state index < -0.39 is 35.3 Å². The Morgan fingerprint density at radius 2 is 1.44 bits per heavy atom. The number of nitrogens with two attached hydrogens (primary N) is 2. The summed E-state index contributed by atoms with van der Waals surface area (Å²) < 4.78 is 41.9. The minimum absolute atomic E-state index is 0.249. The Labute approximate surface area is 293 Å². The van der Waals surface area contributed by atoms with E-state index in [1.165, 1.54) is 36.0 Å². The molecule has 3 aromatic carbocycles. The highest BCUT2D eigenvalue weighted by molar-refractivity contribution is 5.96. The van der Waals surface area contributed by atoms with Crippen LogP contribution < -0.4 is 22.1 Å². The van der Waals surface area contributed by atoms with Crippen molar-refractivity contribution in [2.75, 3.05) is 37.7 Å². The molecule has 0 spiro atoms. The number of benzene rings is 3. The molecule has 1 fully saturated rings. The van der Waals surface area contributed by atoms with Gasteiger partial charge in [0.05, 0.1) is 24.1 Å². The van der Waals surface area contributed by atoms with Crippen LogP contribution in [0.3, 0.4) is 0 Å². The van der Waals surface area contributed by atoms with Crippen molar-refractivity contribution in [2.24, 2.45) is 5.73 Å². The predicted octanol–water partition coefficient (Wildman–Crippen LogP) is 5.67. The van der Waals surface area contributed by atoms with Crippen molar-refractivity contribution in [3.05, 3.63) is 125 Å². The summed E-state index contributed by atoms with van der Waals surface area (Å²) >= 11 is 0. The number of aromatic nitrogens is 1. The van der Waals surface area contributed by atoms with Gasteiger partial charge in [-0.25, -0.2) is 13.2 Å². The van der Waals surface area contributed by atoms with Gasteiger partial charge in [0, 0.05) is 42.8 Å². The third kappa shape index (κ3) is 13.5. The van der Waals surface area contributed by atoms with Gasteiger partial charge in [0.1, 0.15) is 31.0 Å². The molecule has 0 bridgehead atoms. The summed E-state index contributed by atoms with van der Waals surface area (Å²) in [6.07, 6.45) is 3.66. The molecule has 1 aromatic heterocycles. The van der Waals surface area contributed by atoms with Gasteiger partial charge in [-0.2, -0.15) is 0 Å². The highest BCUT2D eigenvalue weighted by atomic mass is 19.1. The molecule has 1 aliphatic rings. The van der Waals surface area contributed by atoms with E-state index in [0.717, 1.165) is 31.5 Å². The normalized spacial score (nSPS) is 14.1. The van der Waals surface area contributed by atoms with Gasteiger partial charge < -0.3 is 36.6 Å². The molecule has 0 radical (unpaired) electrons. The number of carbonyl (C=O) groups is 3. The number of aryl methyl sites for hydroxylation is 1. The number of carbonyl (C=O) groups excluding carboxylic acids is 3. The molecule has 0 aliphatic carbocycles. The molecular formula is C38H49F3N6O3. The Bertz CT molecular complexity index is 1470.